The van der Waals surface area contributed by atoms with Crippen LogP contribution in [-0.4, -0.2) is 25.9 Å². The second-order valence-corrected chi connectivity index (χ2v) is 4.18. The van der Waals surface area contributed by atoms with Gasteiger partial charge < -0.3 is 15.2 Å². The SMILES string of the molecule is COC(C)COc1ccc(CC(C)N)cc1. The molecule has 0 bridgehead atoms. The first kappa shape index (κ1) is 13.0. The molecule has 0 spiro atoms. The molecule has 90 valence electrons. The monoisotopic (exact) mass is 223 g/mol. The fourth-order valence-electron chi connectivity index (χ4n) is 1.38. The lowest BCUT2D eigenvalue weighted by Crippen LogP contribution is -2.18. The van der Waals surface area contributed by atoms with Crippen LogP contribution in [0, 0.1) is 0 Å². The molecule has 0 saturated heterocycles. The molecule has 2 N–H and O–H groups in total. The number of nitrogens with two attached hydrogens (primary N) is 1. The molecule has 0 heterocycles. The second-order valence-electron chi connectivity index (χ2n) is 4.18. The summed E-state index contributed by atoms with van der Waals surface area (Å²) in [6, 6.07) is 8.24. The Hall–Kier alpha value is -1.06. The van der Waals surface area contributed by atoms with Gasteiger partial charge in [0.05, 0.1) is 6.10 Å². The summed E-state index contributed by atoms with van der Waals surface area (Å²) < 4.78 is 10.7. The van der Waals surface area contributed by atoms with Gasteiger partial charge in [-0.3, -0.25) is 0 Å². The fourth-order valence-corrected chi connectivity index (χ4v) is 1.38. The largest absolute Gasteiger partial charge is 0.491 e. The van der Waals surface area contributed by atoms with E-state index in [-0.39, 0.29) is 12.1 Å². The molecular formula is C13H21NO2. The maximum absolute atomic E-state index is 5.73. The zero-order valence-electron chi connectivity index (χ0n) is 10.3. The Balaban J connectivity index is 2.45. The van der Waals surface area contributed by atoms with Crippen LogP contribution in [0.4, 0.5) is 0 Å². The van der Waals surface area contributed by atoms with Crippen LogP contribution >= 0.6 is 0 Å². The third-order valence-electron chi connectivity index (χ3n) is 2.37. The highest BCUT2D eigenvalue weighted by Gasteiger charge is 2.02. The molecule has 1 aromatic rings. The average molecular weight is 223 g/mol. The fraction of sp³-hybridized carbons (Fsp3) is 0.538. The van der Waals surface area contributed by atoms with Gasteiger partial charge in [0.1, 0.15) is 12.4 Å². The second kappa shape index (κ2) is 6.51. The van der Waals surface area contributed by atoms with E-state index in [1.54, 1.807) is 7.11 Å². The molecule has 0 aliphatic heterocycles. The summed E-state index contributed by atoms with van der Waals surface area (Å²) in [5.41, 5.74) is 6.97. The molecule has 0 aliphatic rings. The third-order valence-corrected chi connectivity index (χ3v) is 2.37. The van der Waals surface area contributed by atoms with Crippen LogP contribution in [0.5, 0.6) is 5.75 Å². The quantitative estimate of drug-likeness (QED) is 0.802. The molecule has 16 heavy (non-hydrogen) atoms. The minimum atomic E-state index is 0.115. The zero-order valence-corrected chi connectivity index (χ0v) is 10.3. The van der Waals surface area contributed by atoms with E-state index in [2.05, 4.69) is 12.1 Å². The molecule has 2 atom stereocenters. The Bertz CT molecular complexity index is 295. The molecule has 3 heteroatoms. The molecule has 0 aliphatic carbocycles. The maximum atomic E-state index is 5.73. The lowest BCUT2D eigenvalue weighted by atomic mass is 10.1. The summed E-state index contributed by atoms with van der Waals surface area (Å²) in [5, 5.41) is 0. The Kier molecular flexibility index (Phi) is 5.29. The summed E-state index contributed by atoms with van der Waals surface area (Å²) in [6.45, 7) is 4.55. The van der Waals surface area contributed by atoms with E-state index < -0.39 is 0 Å². The molecule has 3 nitrogen and oxygen atoms in total. The highest BCUT2D eigenvalue weighted by Crippen LogP contribution is 2.13. The Morgan fingerprint density at radius 3 is 2.31 bits per heavy atom. The highest BCUT2D eigenvalue weighted by atomic mass is 16.5. The minimum absolute atomic E-state index is 0.115. The molecule has 0 saturated carbocycles. The van der Waals surface area contributed by atoms with E-state index in [9.17, 15) is 0 Å². The average Bonchev–Trinajstić information content (AvgIpc) is 2.27. The molecule has 0 amide bonds. The van der Waals surface area contributed by atoms with Gasteiger partial charge in [0.25, 0.3) is 0 Å². The number of hydrogen-bond acceptors (Lipinski definition) is 3. The van der Waals surface area contributed by atoms with Crippen LogP contribution in [0.3, 0.4) is 0 Å². The topological polar surface area (TPSA) is 44.5 Å². The Morgan fingerprint density at radius 2 is 1.81 bits per heavy atom. The minimum Gasteiger partial charge on any atom is -0.491 e. The van der Waals surface area contributed by atoms with E-state index >= 15 is 0 Å². The molecule has 0 radical (unpaired) electrons. The van der Waals surface area contributed by atoms with Crippen LogP contribution in [0.25, 0.3) is 0 Å². The van der Waals surface area contributed by atoms with Gasteiger partial charge in [-0.1, -0.05) is 12.1 Å². The normalized spacial score (nSPS) is 14.5. The summed E-state index contributed by atoms with van der Waals surface area (Å²) >= 11 is 0. The van der Waals surface area contributed by atoms with E-state index in [1.807, 2.05) is 26.0 Å². The van der Waals surface area contributed by atoms with Crippen LogP contribution in [0.1, 0.15) is 19.4 Å². The predicted molar refractivity (Wildman–Crippen MR) is 65.8 cm³/mol. The maximum Gasteiger partial charge on any atom is 0.119 e. The Labute approximate surface area is 97.6 Å². The zero-order chi connectivity index (χ0) is 12.0. The van der Waals surface area contributed by atoms with Gasteiger partial charge >= 0.3 is 0 Å². The van der Waals surface area contributed by atoms with E-state index in [1.165, 1.54) is 5.56 Å². The number of rotatable bonds is 6. The van der Waals surface area contributed by atoms with Gasteiger partial charge in [-0.05, 0) is 38.0 Å². The predicted octanol–water partition coefficient (Wildman–Crippen LogP) is 1.99. The van der Waals surface area contributed by atoms with Crippen molar-refractivity contribution in [3.63, 3.8) is 0 Å². The smallest absolute Gasteiger partial charge is 0.119 e. The van der Waals surface area contributed by atoms with E-state index in [4.69, 9.17) is 15.2 Å². The molecule has 0 aromatic heterocycles. The van der Waals surface area contributed by atoms with Gasteiger partial charge in [0.2, 0.25) is 0 Å². The standard InChI is InChI=1S/C13H21NO2/c1-10(14)8-12-4-6-13(7-5-12)16-9-11(2)15-3/h4-7,10-11H,8-9,14H2,1-3H3. The van der Waals surface area contributed by atoms with Crippen molar-refractivity contribution in [3.8, 4) is 5.75 Å². The van der Waals surface area contributed by atoms with Gasteiger partial charge in [0, 0.05) is 13.2 Å². The first-order valence-corrected chi connectivity index (χ1v) is 5.62. The molecule has 2 unspecified atom stereocenters. The van der Waals surface area contributed by atoms with E-state index in [0.717, 1.165) is 12.2 Å². The van der Waals surface area contributed by atoms with Crippen LogP contribution in [0.15, 0.2) is 24.3 Å². The number of ether oxygens (including phenoxy) is 2. The first-order valence-electron chi connectivity index (χ1n) is 5.62. The lowest BCUT2D eigenvalue weighted by Gasteiger charge is -2.12. The first-order chi connectivity index (χ1) is 7.61. The lowest BCUT2D eigenvalue weighted by molar-refractivity contribution is 0.0716. The van der Waals surface area contributed by atoms with Crippen molar-refractivity contribution in [2.45, 2.75) is 32.4 Å². The number of methoxy groups -OCH3 is 1. The van der Waals surface area contributed by atoms with Crippen LogP contribution in [-0.2, 0) is 11.2 Å². The van der Waals surface area contributed by atoms with Crippen molar-refractivity contribution in [1.82, 2.24) is 0 Å². The summed E-state index contributed by atoms with van der Waals surface area (Å²) in [6.07, 6.45) is 1.01. The molecule has 1 rings (SSSR count). The number of hydrogen-bond donors (Lipinski definition) is 1. The molecule has 0 fully saturated rings. The van der Waals surface area contributed by atoms with Crippen molar-refractivity contribution in [3.05, 3.63) is 29.8 Å². The van der Waals surface area contributed by atoms with Crippen molar-refractivity contribution in [2.75, 3.05) is 13.7 Å². The van der Waals surface area contributed by atoms with Gasteiger partial charge in [-0.2, -0.15) is 0 Å². The van der Waals surface area contributed by atoms with Crippen molar-refractivity contribution in [1.29, 1.82) is 0 Å². The van der Waals surface area contributed by atoms with Crippen molar-refractivity contribution < 1.29 is 9.47 Å². The molecule has 1 aromatic carbocycles. The summed E-state index contributed by atoms with van der Waals surface area (Å²) in [5.74, 6) is 0.873. The Morgan fingerprint density at radius 1 is 1.19 bits per heavy atom. The van der Waals surface area contributed by atoms with Gasteiger partial charge in [0.15, 0.2) is 0 Å². The molecular weight excluding hydrogens is 202 g/mol. The van der Waals surface area contributed by atoms with Gasteiger partial charge in [-0.15, -0.1) is 0 Å². The number of benzene rings is 1. The van der Waals surface area contributed by atoms with Crippen LogP contribution < -0.4 is 10.5 Å². The van der Waals surface area contributed by atoms with Crippen molar-refractivity contribution in [2.24, 2.45) is 5.73 Å². The third kappa shape index (κ3) is 4.64. The summed E-state index contributed by atoms with van der Waals surface area (Å²) in [7, 11) is 1.68. The van der Waals surface area contributed by atoms with Crippen LogP contribution in [0.2, 0.25) is 0 Å². The van der Waals surface area contributed by atoms with Crippen molar-refractivity contribution >= 4 is 0 Å². The summed E-state index contributed by atoms with van der Waals surface area (Å²) in [4.78, 5) is 0. The highest BCUT2D eigenvalue weighted by molar-refractivity contribution is 5.27. The van der Waals surface area contributed by atoms with E-state index in [0.29, 0.717) is 6.61 Å². The van der Waals surface area contributed by atoms with Gasteiger partial charge in [-0.25, -0.2) is 0 Å².